The zero-order valence-corrected chi connectivity index (χ0v) is 21.4. The van der Waals surface area contributed by atoms with Gasteiger partial charge in [0.25, 0.3) is 0 Å². The van der Waals surface area contributed by atoms with Crippen LogP contribution in [0.5, 0.6) is 0 Å². The molecule has 0 aromatic rings. The summed E-state index contributed by atoms with van der Waals surface area (Å²) in [5.41, 5.74) is -3.36. The van der Waals surface area contributed by atoms with Crippen molar-refractivity contribution in [3.8, 4) is 0 Å². The fourth-order valence-corrected chi connectivity index (χ4v) is 8.12. The molecular weight excluding hydrogens is 416 g/mol. The van der Waals surface area contributed by atoms with Crippen LogP contribution in [0, 0.1) is 34.5 Å². The summed E-state index contributed by atoms with van der Waals surface area (Å²) in [4.78, 5) is 0. The average Bonchev–Trinajstić information content (AvgIpc) is 3.07. The molecule has 3 fully saturated rings. The van der Waals surface area contributed by atoms with Gasteiger partial charge in [-0.05, 0) is 81.1 Å². The molecule has 0 amide bonds. The fraction of sp³-hybridized carbons (Fsp3) is 0.857. The van der Waals surface area contributed by atoms with Gasteiger partial charge in [-0.3, -0.25) is 0 Å². The Morgan fingerprint density at radius 2 is 1.67 bits per heavy atom. The number of rotatable bonds is 4. The van der Waals surface area contributed by atoms with Gasteiger partial charge in [-0.2, -0.15) is 0 Å². The smallest absolute Gasteiger partial charge is 0.105 e. The molecule has 4 rings (SSSR count). The summed E-state index contributed by atoms with van der Waals surface area (Å²) in [6, 6.07) is 0. The normalized spacial score (nSPS) is 49.7. The van der Waals surface area contributed by atoms with E-state index in [4.69, 9.17) is 0 Å². The molecule has 4 aliphatic carbocycles. The van der Waals surface area contributed by atoms with Crippen molar-refractivity contribution in [2.75, 3.05) is 0 Å². The fourth-order valence-electron chi connectivity index (χ4n) is 8.12. The van der Waals surface area contributed by atoms with E-state index in [1.54, 1.807) is 6.08 Å². The lowest BCUT2D eigenvalue weighted by Gasteiger charge is -2.65. The highest BCUT2D eigenvalue weighted by Gasteiger charge is 2.70. The minimum atomic E-state index is -1.52. The zero-order chi connectivity index (χ0) is 24.6. The second-order valence-electron chi connectivity index (χ2n) is 13.0. The molecule has 0 aliphatic heterocycles. The van der Waals surface area contributed by atoms with E-state index in [1.807, 2.05) is 27.7 Å². The molecule has 5 N–H and O–H groups in total. The number of allylic oxidation sites excluding steroid dienone is 1. The Morgan fingerprint density at radius 1 is 1.00 bits per heavy atom. The van der Waals surface area contributed by atoms with Gasteiger partial charge in [-0.15, -0.1) is 0 Å². The third kappa shape index (κ3) is 3.52. The molecule has 188 valence electrons. The lowest BCUT2D eigenvalue weighted by atomic mass is 9.43. The second-order valence-corrected chi connectivity index (χ2v) is 13.0. The molecule has 1 unspecified atom stereocenters. The van der Waals surface area contributed by atoms with E-state index in [-0.39, 0.29) is 23.7 Å². The summed E-state index contributed by atoms with van der Waals surface area (Å²) in [7, 11) is 0. The maximum atomic E-state index is 12.2. The van der Waals surface area contributed by atoms with Gasteiger partial charge < -0.3 is 25.5 Å². The number of hydrogen-bond donors (Lipinski definition) is 5. The van der Waals surface area contributed by atoms with Gasteiger partial charge in [0.1, 0.15) is 11.7 Å². The topological polar surface area (TPSA) is 101 Å². The first kappa shape index (κ1) is 25.4. The van der Waals surface area contributed by atoms with Crippen molar-refractivity contribution in [2.45, 2.75) is 115 Å². The van der Waals surface area contributed by atoms with E-state index in [0.29, 0.717) is 31.1 Å². The van der Waals surface area contributed by atoms with Crippen LogP contribution in [0.1, 0.15) is 86.5 Å². The molecule has 0 heterocycles. The molecule has 3 saturated carbocycles. The van der Waals surface area contributed by atoms with Crippen LogP contribution in [-0.2, 0) is 0 Å². The van der Waals surface area contributed by atoms with E-state index >= 15 is 0 Å². The molecule has 0 radical (unpaired) electrons. The van der Waals surface area contributed by atoms with Crippen LogP contribution in [0.25, 0.3) is 0 Å². The van der Waals surface area contributed by atoms with Crippen LogP contribution in [0.15, 0.2) is 23.8 Å². The Balaban J connectivity index is 1.65. The maximum Gasteiger partial charge on any atom is 0.105 e. The molecule has 33 heavy (non-hydrogen) atoms. The van der Waals surface area contributed by atoms with Crippen molar-refractivity contribution in [2.24, 2.45) is 34.5 Å². The lowest BCUT2D eigenvalue weighted by molar-refractivity contribution is -0.258. The van der Waals surface area contributed by atoms with Crippen LogP contribution in [0.3, 0.4) is 0 Å². The SMILES string of the molecule is CC(/C=C/[C@@H](C)[C@H]1CC[C@H]2C3=C[C@@H](O)[C@@]4(O)C[C@@H](O)CC[C@]4(C)[C@@]3(O)CC[C@]12C)C(C)(C)O. The van der Waals surface area contributed by atoms with Gasteiger partial charge in [0, 0.05) is 17.8 Å². The number of hydrogen-bond acceptors (Lipinski definition) is 5. The highest BCUT2D eigenvalue weighted by atomic mass is 16.4. The standard InChI is InChI=1S/C28H46O5/c1-17(7-8-18(2)24(3,4)31)20-9-10-21-22-15-23(30)28(33)16-19(29)11-12-26(28,6)27(22,32)14-13-25(20,21)5/h7-8,15,17-21,23,29-33H,9-14,16H2,1-6H3/b8-7+/t17-,18?,19+,20-,21+,23-,25-,26-,27-,28+/m1/s1. The zero-order valence-electron chi connectivity index (χ0n) is 21.4. The Kier molecular flexibility index (Phi) is 6.07. The van der Waals surface area contributed by atoms with Crippen molar-refractivity contribution in [3.63, 3.8) is 0 Å². The predicted octanol–water partition coefficient (Wildman–Crippen LogP) is 3.73. The van der Waals surface area contributed by atoms with Crippen molar-refractivity contribution in [3.05, 3.63) is 23.8 Å². The van der Waals surface area contributed by atoms with Gasteiger partial charge in [-0.1, -0.05) is 45.9 Å². The molecule has 4 aliphatic rings. The summed E-state index contributed by atoms with van der Waals surface area (Å²) in [5, 5.41) is 55.5. The second kappa shape index (κ2) is 7.89. The highest BCUT2D eigenvalue weighted by molar-refractivity contribution is 5.40. The van der Waals surface area contributed by atoms with E-state index in [1.165, 1.54) is 0 Å². The molecule has 10 atom stereocenters. The Bertz CT molecular complexity index is 829. The molecule has 0 bridgehead atoms. The number of aliphatic hydroxyl groups is 5. The summed E-state index contributed by atoms with van der Waals surface area (Å²) in [6.45, 7) is 12.3. The monoisotopic (exact) mass is 462 g/mol. The predicted molar refractivity (Wildman–Crippen MR) is 129 cm³/mol. The minimum Gasteiger partial charge on any atom is -0.393 e. The Hall–Kier alpha value is -0.720. The van der Waals surface area contributed by atoms with Crippen molar-refractivity contribution >= 4 is 0 Å². The van der Waals surface area contributed by atoms with E-state index in [0.717, 1.165) is 24.8 Å². The first-order valence-electron chi connectivity index (χ1n) is 13.0. The van der Waals surface area contributed by atoms with Gasteiger partial charge in [0.2, 0.25) is 0 Å². The third-order valence-electron chi connectivity index (χ3n) is 11.0. The molecule has 0 saturated heterocycles. The van der Waals surface area contributed by atoms with Crippen LogP contribution >= 0.6 is 0 Å². The van der Waals surface area contributed by atoms with Crippen molar-refractivity contribution < 1.29 is 25.5 Å². The maximum absolute atomic E-state index is 12.2. The summed E-state index contributed by atoms with van der Waals surface area (Å²) >= 11 is 0. The minimum absolute atomic E-state index is 0.0134. The van der Waals surface area contributed by atoms with Crippen LogP contribution in [0.4, 0.5) is 0 Å². The molecule has 5 nitrogen and oxygen atoms in total. The van der Waals surface area contributed by atoms with E-state index < -0.39 is 34.4 Å². The van der Waals surface area contributed by atoms with Gasteiger partial charge in [0.05, 0.1) is 17.3 Å². The van der Waals surface area contributed by atoms with E-state index in [9.17, 15) is 25.5 Å². The highest BCUT2D eigenvalue weighted by Crippen LogP contribution is 2.69. The quantitative estimate of drug-likeness (QED) is 0.410. The first-order valence-corrected chi connectivity index (χ1v) is 13.0. The van der Waals surface area contributed by atoms with E-state index in [2.05, 4.69) is 26.0 Å². The Morgan fingerprint density at radius 3 is 2.30 bits per heavy atom. The molecule has 0 aromatic carbocycles. The number of fused-ring (bicyclic) bond motifs is 5. The van der Waals surface area contributed by atoms with Gasteiger partial charge in [0.15, 0.2) is 0 Å². The average molecular weight is 463 g/mol. The Labute approximate surface area is 199 Å². The van der Waals surface area contributed by atoms with Crippen LogP contribution in [-0.4, -0.2) is 54.5 Å². The summed E-state index contributed by atoms with van der Waals surface area (Å²) in [6.07, 6.45) is 9.02. The van der Waals surface area contributed by atoms with Crippen molar-refractivity contribution in [1.29, 1.82) is 0 Å². The van der Waals surface area contributed by atoms with Gasteiger partial charge >= 0.3 is 0 Å². The molecule has 0 aromatic heterocycles. The van der Waals surface area contributed by atoms with Crippen molar-refractivity contribution in [1.82, 2.24) is 0 Å². The third-order valence-corrected chi connectivity index (χ3v) is 11.0. The molecular formula is C28H46O5. The first-order chi connectivity index (χ1) is 15.1. The lowest BCUT2D eigenvalue weighted by Crippen LogP contribution is -2.72. The largest absolute Gasteiger partial charge is 0.393 e. The van der Waals surface area contributed by atoms with Gasteiger partial charge in [-0.25, -0.2) is 0 Å². The summed E-state index contributed by atoms with van der Waals surface area (Å²) < 4.78 is 0. The number of aliphatic hydroxyl groups excluding tert-OH is 2. The van der Waals surface area contributed by atoms with Crippen LogP contribution < -0.4 is 0 Å². The molecule has 0 spiro atoms. The molecule has 5 heteroatoms. The van der Waals surface area contributed by atoms with Crippen LogP contribution in [0.2, 0.25) is 0 Å². The summed E-state index contributed by atoms with van der Waals surface area (Å²) in [5.74, 6) is 1.04.